The van der Waals surface area contributed by atoms with Gasteiger partial charge in [0, 0.05) is 25.2 Å². The average molecular weight is 218 g/mol. The average Bonchev–Trinajstić information content (AvgIpc) is 2.24. The summed E-state index contributed by atoms with van der Waals surface area (Å²) >= 11 is 0. The Bertz CT molecular complexity index is 156. The van der Waals surface area contributed by atoms with Crippen molar-refractivity contribution in [3.05, 3.63) is 0 Å². The van der Waals surface area contributed by atoms with Crippen LogP contribution in [0.2, 0.25) is 0 Å². The van der Waals surface area contributed by atoms with Gasteiger partial charge in [-0.05, 0) is 19.9 Å². The van der Waals surface area contributed by atoms with Gasteiger partial charge in [-0.2, -0.15) is 0 Å². The molecular weight excluding hydrogens is 192 g/mol. The molecule has 0 rings (SSSR count). The van der Waals surface area contributed by atoms with Crippen molar-refractivity contribution in [3.8, 4) is 0 Å². The van der Waals surface area contributed by atoms with E-state index in [4.69, 9.17) is 10.5 Å². The maximum Gasteiger partial charge on any atom is 0.0615 e. The van der Waals surface area contributed by atoms with Crippen molar-refractivity contribution in [1.29, 1.82) is 0 Å². The van der Waals surface area contributed by atoms with E-state index in [1.165, 1.54) is 0 Å². The summed E-state index contributed by atoms with van der Waals surface area (Å²) in [6.45, 7) is 7.87. The molecule has 0 amide bonds. The fourth-order valence-corrected chi connectivity index (χ4v) is 1.97. The van der Waals surface area contributed by atoms with Gasteiger partial charge in [-0.25, -0.2) is 0 Å². The third kappa shape index (κ3) is 4.47. The summed E-state index contributed by atoms with van der Waals surface area (Å²) in [4.78, 5) is 2.21. The molecule has 0 spiro atoms. The van der Waals surface area contributed by atoms with Crippen LogP contribution in [0.1, 0.15) is 27.2 Å². The number of hydrogen-bond donors (Lipinski definition) is 2. The summed E-state index contributed by atoms with van der Waals surface area (Å²) in [6.07, 6.45) is 0.876. The van der Waals surface area contributed by atoms with Gasteiger partial charge in [-0.1, -0.05) is 13.8 Å². The maximum atomic E-state index is 9.38. The van der Waals surface area contributed by atoms with Gasteiger partial charge in [-0.15, -0.1) is 0 Å². The lowest BCUT2D eigenvalue weighted by Gasteiger charge is -2.37. The lowest BCUT2D eigenvalue weighted by molar-refractivity contribution is 0.0377. The van der Waals surface area contributed by atoms with E-state index in [0.29, 0.717) is 6.61 Å². The zero-order valence-corrected chi connectivity index (χ0v) is 10.4. The van der Waals surface area contributed by atoms with E-state index in [2.05, 4.69) is 18.7 Å². The Morgan fingerprint density at radius 1 is 1.40 bits per heavy atom. The quantitative estimate of drug-likeness (QED) is 0.621. The van der Waals surface area contributed by atoms with Gasteiger partial charge < -0.3 is 15.6 Å². The topological polar surface area (TPSA) is 58.7 Å². The Morgan fingerprint density at radius 3 is 2.33 bits per heavy atom. The summed E-state index contributed by atoms with van der Waals surface area (Å²) < 4.78 is 5.13. The van der Waals surface area contributed by atoms with Crippen molar-refractivity contribution in [1.82, 2.24) is 4.90 Å². The van der Waals surface area contributed by atoms with Crippen LogP contribution >= 0.6 is 0 Å². The zero-order chi connectivity index (χ0) is 11.8. The second-order valence-corrected chi connectivity index (χ2v) is 3.96. The first-order valence-electron chi connectivity index (χ1n) is 5.73. The molecule has 0 radical (unpaired) electrons. The van der Waals surface area contributed by atoms with E-state index in [-0.39, 0.29) is 24.7 Å². The molecule has 4 nitrogen and oxygen atoms in total. The molecule has 3 atom stereocenters. The van der Waals surface area contributed by atoms with Crippen LogP contribution in [0, 0.1) is 0 Å². The van der Waals surface area contributed by atoms with E-state index in [9.17, 15) is 5.11 Å². The summed E-state index contributed by atoms with van der Waals surface area (Å²) in [5.74, 6) is 0. The van der Waals surface area contributed by atoms with Gasteiger partial charge >= 0.3 is 0 Å². The molecule has 0 aliphatic rings. The van der Waals surface area contributed by atoms with Gasteiger partial charge in [0.2, 0.25) is 0 Å². The van der Waals surface area contributed by atoms with Crippen molar-refractivity contribution < 1.29 is 9.84 Å². The van der Waals surface area contributed by atoms with Crippen molar-refractivity contribution in [2.45, 2.75) is 45.3 Å². The molecule has 0 aliphatic carbocycles. The highest BCUT2D eigenvalue weighted by molar-refractivity contribution is 4.83. The Hall–Kier alpha value is -0.160. The van der Waals surface area contributed by atoms with Crippen molar-refractivity contribution in [3.63, 3.8) is 0 Å². The van der Waals surface area contributed by atoms with E-state index >= 15 is 0 Å². The van der Waals surface area contributed by atoms with E-state index in [1.807, 2.05) is 6.92 Å². The molecule has 0 aromatic heterocycles. The Labute approximate surface area is 93.4 Å². The lowest BCUT2D eigenvalue weighted by Crippen LogP contribution is -2.54. The number of rotatable bonds is 8. The van der Waals surface area contributed by atoms with Crippen molar-refractivity contribution >= 4 is 0 Å². The molecule has 92 valence electrons. The Kier molecular flexibility index (Phi) is 7.96. The van der Waals surface area contributed by atoms with E-state index in [0.717, 1.165) is 13.0 Å². The van der Waals surface area contributed by atoms with Crippen LogP contribution in [0.15, 0.2) is 0 Å². The van der Waals surface area contributed by atoms with Crippen LogP contribution in [0.4, 0.5) is 0 Å². The summed E-state index contributed by atoms with van der Waals surface area (Å²) in [5.41, 5.74) is 6.00. The third-order valence-corrected chi connectivity index (χ3v) is 2.92. The van der Waals surface area contributed by atoms with Crippen LogP contribution in [0.5, 0.6) is 0 Å². The molecule has 4 heteroatoms. The van der Waals surface area contributed by atoms with Crippen LogP contribution in [-0.2, 0) is 4.74 Å². The fourth-order valence-electron chi connectivity index (χ4n) is 1.97. The number of likely N-dealkylation sites (N-methyl/N-ethyl adjacent to an activating group) is 1. The first-order chi connectivity index (χ1) is 7.12. The van der Waals surface area contributed by atoms with Gasteiger partial charge in [0.1, 0.15) is 0 Å². The maximum absolute atomic E-state index is 9.38. The first-order valence-corrected chi connectivity index (χ1v) is 5.73. The molecule has 3 unspecified atom stereocenters. The number of methoxy groups -OCH3 is 1. The highest BCUT2D eigenvalue weighted by atomic mass is 16.5. The standard InChI is InChI=1S/C11H26N2O2/c1-5-10(12)11(7-14)13(6-2)9(3)8-15-4/h9-11,14H,5-8,12H2,1-4H3. The first kappa shape index (κ1) is 14.8. The van der Waals surface area contributed by atoms with Gasteiger partial charge in [0.05, 0.1) is 13.2 Å². The van der Waals surface area contributed by atoms with Crippen molar-refractivity contribution in [2.75, 3.05) is 26.9 Å². The molecule has 0 saturated heterocycles. The Balaban J connectivity index is 4.44. The van der Waals surface area contributed by atoms with Gasteiger partial charge in [0.15, 0.2) is 0 Å². The molecular formula is C11H26N2O2. The molecule has 0 aromatic rings. The summed E-state index contributed by atoms with van der Waals surface area (Å²) in [6, 6.07) is 0.342. The van der Waals surface area contributed by atoms with E-state index < -0.39 is 0 Å². The highest BCUT2D eigenvalue weighted by Gasteiger charge is 2.25. The number of nitrogens with zero attached hydrogens (tertiary/aromatic N) is 1. The monoisotopic (exact) mass is 218 g/mol. The van der Waals surface area contributed by atoms with Gasteiger partial charge in [0.25, 0.3) is 0 Å². The Morgan fingerprint density at radius 2 is 2.00 bits per heavy atom. The smallest absolute Gasteiger partial charge is 0.0615 e. The zero-order valence-electron chi connectivity index (χ0n) is 10.4. The lowest BCUT2D eigenvalue weighted by atomic mass is 10.0. The molecule has 0 aromatic carbocycles. The number of hydrogen-bond acceptors (Lipinski definition) is 4. The number of aliphatic hydroxyl groups is 1. The fraction of sp³-hybridized carbons (Fsp3) is 1.00. The predicted molar refractivity (Wildman–Crippen MR) is 62.9 cm³/mol. The van der Waals surface area contributed by atoms with E-state index in [1.54, 1.807) is 7.11 Å². The number of aliphatic hydroxyl groups excluding tert-OH is 1. The van der Waals surface area contributed by atoms with Crippen LogP contribution < -0.4 is 5.73 Å². The number of ether oxygens (including phenoxy) is 1. The number of nitrogens with two attached hydrogens (primary N) is 1. The minimum Gasteiger partial charge on any atom is -0.395 e. The molecule has 0 heterocycles. The second-order valence-electron chi connectivity index (χ2n) is 3.96. The van der Waals surface area contributed by atoms with Gasteiger partial charge in [-0.3, -0.25) is 4.90 Å². The largest absolute Gasteiger partial charge is 0.395 e. The third-order valence-electron chi connectivity index (χ3n) is 2.92. The molecule has 0 saturated carbocycles. The molecule has 0 fully saturated rings. The van der Waals surface area contributed by atoms with Crippen molar-refractivity contribution in [2.24, 2.45) is 5.73 Å². The highest BCUT2D eigenvalue weighted by Crippen LogP contribution is 2.10. The van der Waals surface area contributed by atoms with Crippen LogP contribution in [-0.4, -0.2) is 55.0 Å². The molecule has 15 heavy (non-hydrogen) atoms. The van der Waals surface area contributed by atoms with Crippen LogP contribution in [0.25, 0.3) is 0 Å². The molecule has 0 aliphatic heterocycles. The normalized spacial score (nSPS) is 17.8. The SMILES string of the molecule is CCC(N)C(CO)N(CC)C(C)COC. The molecule has 3 N–H and O–H groups in total. The minimum absolute atomic E-state index is 0.0225. The predicted octanol–water partition coefficient (Wildman–Crippen LogP) is 0.441. The minimum atomic E-state index is 0.0225. The second kappa shape index (κ2) is 8.05. The molecule has 0 bridgehead atoms. The summed E-state index contributed by atoms with van der Waals surface area (Å²) in [7, 11) is 1.69. The van der Waals surface area contributed by atoms with Crippen LogP contribution in [0.3, 0.4) is 0 Å². The summed E-state index contributed by atoms with van der Waals surface area (Å²) in [5, 5.41) is 9.38.